The molecular formula is C12H17NS. The van der Waals surface area contributed by atoms with Crippen molar-refractivity contribution in [1.29, 1.82) is 0 Å². The highest BCUT2D eigenvalue weighted by Gasteiger charge is 2.49. The minimum absolute atomic E-state index is 0.296. The van der Waals surface area contributed by atoms with Crippen LogP contribution in [-0.2, 0) is 0 Å². The van der Waals surface area contributed by atoms with Gasteiger partial charge >= 0.3 is 0 Å². The number of nitrogens with one attached hydrogen (secondary N) is 1. The lowest BCUT2D eigenvalue weighted by molar-refractivity contribution is 0.626. The fraction of sp³-hybridized carbons (Fsp3) is 0.500. The van der Waals surface area contributed by atoms with E-state index >= 15 is 0 Å². The number of hydrogen-bond acceptors (Lipinski definition) is 2. The smallest absolute Gasteiger partial charge is 0.0342 e. The zero-order chi connectivity index (χ0) is 10.4. The van der Waals surface area contributed by atoms with Gasteiger partial charge in [-0.15, -0.1) is 11.8 Å². The summed E-state index contributed by atoms with van der Waals surface area (Å²) in [5, 5.41) is 3.07. The molecule has 0 aromatic rings. The molecule has 0 unspecified atom stereocenters. The second kappa shape index (κ2) is 2.93. The molecule has 2 heterocycles. The van der Waals surface area contributed by atoms with Gasteiger partial charge in [-0.3, -0.25) is 0 Å². The molecule has 2 heteroatoms. The Labute approximate surface area is 90.3 Å². The summed E-state index contributed by atoms with van der Waals surface area (Å²) in [5.41, 5.74) is 2.93. The van der Waals surface area contributed by atoms with Crippen LogP contribution in [0.25, 0.3) is 0 Å². The molecule has 0 aliphatic carbocycles. The van der Waals surface area contributed by atoms with Crippen LogP contribution in [0.4, 0.5) is 0 Å². The van der Waals surface area contributed by atoms with Crippen LogP contribution >= 0.6 is 11.8 Å². The molecular weight excluding hydrogens is 190 g/mol. The van der Waals surface area contributed by atoms with Crippen molar-refractivity contribution in [2.24, 2.45) is 0 Å². The molecule has 1 nitrogen and oxygen atoms in total. The third kappa shape index (κ3) is 1.42. The Morgan fingerprint density at radius 3 is 1.93 bits per heavy atom. The van der Waals surface area contributed by atoms with Gasteiger partial charge < -0.3 is 5.32 Å². The van der Waals surface area contributed by atoms with Gasteiger partial charge in [0, 0.05) is 21.9 Å². The van der Waals surface area contributed by atoms with E-state index in [4.69, 9.17) is 0 Å². The predicted molar refractivity (Wildman–Crippen MR) is 64.2 cm³/mol. The highest BCUT2D eigenvalue weighted by Crippen LogP contribution is 2.60. The first-order chi connectivity index (χ1) is 6.43. The fourth-order valence-electron chi connectivity index (χ4n) is 2.67. The predicted octanol–water partition coefficient (Wildman–Crippen LogP) is 3.22. The van der Waals surface area contributed by atoms with E-state index < -0.39 is 0 Å². The molecule has 2 aliphatic rings. The lowest BCUT2D eigenvalue weighted by atomic mass is 9.84. The second-order valence-corrected chi connectivity index (χ2v) is 7.03. The molecule has 1 fully saturated rings. The van der Waals surface area contributed by atoms with E-state index in [1.54, 1.807) is 5.57 Å². The molecule has 0 spiro atoms. The van der Waals surface area contributed by atoms with Crippen molar-refractivity contribution in [3.8, 4) is 0 Å². The summed E-state index contributed by atoms with van der Waals surface area (Å²) < 4.78 is 0.593. The molecule has 1 saturated heterocycles. The van der Waals surface area contributed by atoms with E-state index in [2.05, 4.69) is 45.2 Å². The van der Waals surface area contributed by atoms with Gasteiger partial charge in [0.15, 0.2) is 0 Å². The number of thioether (sulfide) groups is 1. The Morgan fingerprint density at radius 1 is 1.00 bits per heavy atom. The van der Waals surface area contributed by atoms with Crippen LogP contribution in [0, 0.1) is 0 Å². The third-order valence-electron chi connectivity index (χ3n) is 2.72. The van der Waals surface area contributed by atoms with Crippen molar-refractivity contribution in [2.45, 2.75) is 37.2 Å². The maximum absolute atomic E-state index is 3.07. The Kier molecular flexibility index (Phi) is 2.07. The van der Waals surface area contributed by atoms with E-state index in [1.807, 2.05) is 24.2 Å². The van der Waals surface area contributed by atoms with Crippen LogP contribution in [0.2, 0.25) is 0 Å². The molecule has 0 aromatic carbocycles. The normalized spacial score (nSPS) is 27.1. The van der Waals surface area contributed by atoms with Crippen LogP contribution in [0.15, 0.2) is 35.7 Å². The standard InChI is InChI=1S/C12H17NS/c1-11(2)10(12(3,4)14-11)9-5-7-13-8-6-9/h5-8,13H,1-4H3. The van der Waals surface area contributed by atoms with Crippen molar-refractivity contribution in [3.63, 3.8) is 0 Å². The molecule has 0 bridgehead atoms. The molecule has 0 saturated carbocycles. The lowest BCUT2D eigenvalue weighted by Crippen LogP contribution is -2.47. The Bertz CT molecular complexity index is 315. The largest absolute Gasteiger partial charge is 0.368 e. The molecule has 14 heavy (non-hydrogen) atoms. The SMILES string of the molecule is CC1(C)SC(C)(C)C1=C1C=CNC=C1. The van der Waals surface area contributed by atoms with Gasteiger partial charge in [0.25, 0.3) is 0 Å². The van der Waals surface area contributed by atoms with Gasteiger partial charge in [0.2, 0.25) is 0 Å². The van der Waals surface area contributed by atoms with Crippen molar-refractivity contribution >= 4 is 11.8 Å². The first kappa shape index (κ1) is 9.91. The summed E-state index contributed by atoms with van der Waals surface area (Å²) in [7, 11) is 0. The molecule has 0 aromatic heterocycles. The summed E-state index contributed by atoms with van der Waals surface area (Å²) >= 11 is 2.04. The lowest BCUT2D eigenvalue weighted by Gasteiger charge is -2.53. The second-order valence-electron chi connectivity index (χ2n) is 4.79. The Hall–Kier alpha value is -0.630. The molecule has 76 valence electrons. The van der Waals surface area contributed by atoms with Crippen LogP contribution in [-0.4, -0.2) is 9.49 Å². The minimum atomic E-state index is 0.296. The van der Waals surface area contributed by atoms with Gasteiger partial charge in [-0.05, 0) is 51.0 Å². The summed E-state index contributed by atoms with van der Waals surface area (Å²) in [6.07, 6.45) is 8.33. The number of allylic oxidation sites excluding steroid dienone is 3. The van der Waals surface area contributed by atoms with Gasteiger partial charge in [-0.2, -0.15) is 0 Å². The average molecular weight is 207 g/mol. The van der Waals surface area contributed by atoms with Crippen LogP contribution in [0.1, 0.15) is 27.7 Å². The number of rotatable bonds is 0. The maximum atomic E-state index is 3.07. The Balaban J connectivity index is 2.44. The summed E-state index contributed by atoms with van der Waals surface area (Å²) in [6, 6.07) is 0. The monoisotopic (exact) mass is 207 g/mol. The van der Waals surface area contributed by atoms with E-state index in [-0.39, 0.29) is 0 Å². The van der Waals surface area contributed by atoms with Crippen LogP contribution in [0.3, 0.4) is 0 Å². The topological polar surface area (TPSA) is 12.0 Å². The fourth-order valence-corrected chi connectivity index (χ4v) is 4.74. The van der Waals surface area contributed by atoms with Crippen molar-refractivity contribution in [1.82, 2.24) is 5.32 Å². The molecule has 2 rings (SSSR count). The van der Waals surface area contributed by atoms with E-state index in [1.165, 1.54) is 5.57 Å². The molecule has 0 amide bonds. The minimum Gasteiger partial charge on any atom is -0.368 e. The molecule has 0 radical (unpaired) electrons. The zero-order valence-electron chi connectivity index (χ0n) is 9.22. The van der Waals surface area contributed by atoms with E-state index in [0.29, 0.717) is 9.49 Å². The maximum Gasteiger partial charge on any atom is 0.0342 e. The van der Waals surface area contributed by atoms with Gasteiger partial charge in [-0.25, -0.2) is 0 Å². The average Bonchev–Trinajstić information content (AvgIpc) is 2.01. The zero-order valence-corrected chi connectivity index (χ0v) is 10.0. The van der Waals surface area contributed by atoms with Gasteiger partial charge in [0.1, 0.15) is 0 Å². The van der Waals surface area contributed by atoms with Gasteiger partial charge in [0.05, 0.1) is 0 Å². The van der Waals surface area contributed by atoms with E-state index in [9.17, 15) is 0 Å². The highest BCUT2D eigenvalue weighted by molar-refractivity contribution is 8.04. The first-order valence-corrected chi connectivity index (χ1v) is 5.80. The van der Waals surface area contributed by atoms with Gasteiger partial charge in [-0.1, -0.05) is 0 Å². The Morgan fingerprint density at radius 2 is 1.50 bits per heavy atom. The first-order valence-electron chi connectivity index (χ1n) is 4.98. The number of dihydropyridines is 1. The third-order valence-corrected chi connectivity index (χ3v) is 4.15. The van der Waals surface area contributed by atoms with E-state index in [0.717, 1.165) is 0 Å². The van der Waals surface area contributed by atoms with Crippen molar-refractivity contribution in [3.05, 3.63) is 35.7 Å². The molecule has 0 atom stereocenters. The quantitative estimate of drug-likeness (QED) is 0.654. The summed E-state index contributed by atoms with van der Waals surface area (Å²) in [5.74, 6) is 0. The summed E-state index contributed by atoms with van der Waals surface area (Å²) in [6.45, 7) is 9.20. The molecule has 2 aliphatic heterocycles. The van der Waals surface area contributed by atoms with Crippen LogP contribution < -0.4 is 5.32 Å². The number of hydrogen-bond donors (Lipinski definition) is 1. The highest BCUT2D eigenvalue weighted by atomic mass is 32.2. The van der Waals surface area contributed by atoms with Crippen LogP contribution in [0.5, 0.6) is 0 Å². The van der Waals surface area contributed by atoms with Crippen molar-refractivity contribution < 1.29 is 0 Å². The summed E-state index contributed by atoms with van der Waals surface area (Å²) in [4.78, 5) is 0. The molecule has 1 N–H and O–H groups in total. The van der Waals surface area contributed by atoms with Crippen molar-refractivity contribution in [2.75, 3.05) is 0 Å².